The van der Waals surface area contributed by atoms with Gasteiger partial charge in [-0.05, 0) is 38.1 Å². The van der Waals surface area contributed by atoms with Crippen LogP contribution in [0.15, 0.2) is 29.6 Å². The van der Waals surface area contributed by atoms with Gasteiger partial charge in [0.15, 0.2) is 0 Å². The lowest BCUT2D eigenvalue weighted by atomic mass is 9.98. The van der Waals surface area contributed by atoms with E-state index in [4.69, 9.17) is 4.98 Å². The zero-order valence-electron chi connectivity index (χ0n) is 18.6. The first-order valence-corrected chi connectivity index (χ1v) is 11.8. The van der Waals surface area contributed by atoms with Gasteiger partial charge in [-0.1, -0.05) is 18.2 Å². The smallest absolute Gasteiger partial charge is 0.256 e. The van der Waals surface area contributed by atoms with E-state index in [1.54, 1.807) is 11.3 Å². The van der Waals surface area contributed by atoms with Crippen molar-refractivity contribution in [2.75, 3.05) is 38.5 Å². The van der Waals surface area contributed by atoms with Crippen LogP contribution in [0.25, 0.3) is 0 Å². The van der Waals surface area contributed by atoms with Crippen molar-refractivity contribution >= 4 is 28.8 Å². The predicted molar refractivity (Wildman–Crippen MR) is 126 cm³/mol. The van der Waals surface area contributed by atoms with E-state index in [0.29, 0.717) is 6.42 Å². The van der Waals surface area contributed by atoms with Crippen molar-refractivity contribution in [1.82, 2.24) is 19.8 Å². The molecule has 1 atom stereocenters. The number of nitrogens with one attached hydrogen (secondary N) is 2. The van der Waals surface area contributed by atoms with E-state index in [0.717, 1.165) is 70.6 Å². The highest BCUT2D eigenvalue weighted by Gasteiger charge is 2.33. The number of nitrogens with zero attached hydrogens (tertiary/aromatic N) is 3. The third kappa shape index (κ3) is 3.63. The first-order valence-electron chi connectivity index (χ1n) is 10.9. The second-order valence-electron chi connectivity index (χ2n) is 8.68. The summed E-state index contributed by atoms with van der Waals surface area (Å²) < 4.78 is 0. The quantitative estimate of drug-likeness (QED) is 0.641. The number of rotatable bonds is 4. The third-order valence-electron chi connectivity index (χ3n) is 6.53. The molecule has 2 amide bonds. The molecule has 2 aliphatic rings. The van der Waals surface area contributed by atoms with Crippen molar-refractivity contribution in [3.05, 3.63) is 68.4 Å². The fraction of sp³-hybridized carbons (Fsp3) is 0.375. The average molecular weight is 450 g/mol. The molecular weight excluding hydrogens is 422 g/mol. The molecule has 166 valence electrons. The largest absolute Gasteiger partial charge is 0.361 e. The van der Waals surface area contributed by atoms with Gasteiger partial charge in [-0.2, -0.15) is 0 Å². The molecule has 7 nitrogen and oxygen atoms in total. The van der Waals surface area contributed by atoms with E-state index in [1.807, 2.05) is 48.4 Å². The number of anilines is 1. The summed E-state index contributed by atoms with van der Waals surface area (Å²) >= 11 is 1.56. The molecule has 32 heavy (non-hydrogen) atoms. The average Bonchev–Trinajstić information content (AvgIpc) is 3.43. The minimum absolute atomic E-state index is 0.0324. The Labute approximate surface area is 191 Å². The molecule has 2 aromatic heterocycles. The van der Waals surface area contributed by atoms with Gasteiger partial charge in [-0.3, -0.25) is 9.59 Å². The number of fused-ring (bicyclic) bond motifs is 1. The molecule has 1 aromatic carbocycles. The number of aryl methyl sites for hydroxylation is 1. The van der Waals surface area contributed by atoms with Crippen LogP contribution in [0.4, 0.5) is 5.69 Å². The van der Waals surface area contributed by atoms with Crippen LogP contribution in [-0.4, -0.2) is 64.8 Å². The van der Waals surface area contributed by atoms with Crippen molar-refractivity contribution in [3.63, 3.8) is 0 Å². The Morgan fingerprint density at radius 3 is 2.72 bits per heavy atom. The minimum Gasteiger partial charge on any atom is -0.361 e. The van der Waals surface area contributed by atoms with Gasteiger partial charge >= 0.3 is 0 Å². The van der Waals surface area contributed by atoms with Crippen LogP contribution >= 0.6 is 11.3 Å². The number of hydrogen-bond donors (Lipinski definition) is 2. The van der Waals surface area contributed by atoms with Crippen LogP contribution in [0.3, 0.4) is 0 Å². The highest BCUT2D eigenvalue weighted by molar-refractivity contribution is 7.09. The Bertz CT molecular complexity index is 1190. The molecule has 2 aliphatic heterocycles. The van der Waals surface area contributed by atoms with Gasteiger partial charge in [-0.15, -0.1) is 11.3 Å². The Hall–Kier alpha value is -2.97. The molecule has 2 N–H and O–H groups in total. The number of hydrogen-bond acceptors (Lipinski definition) is 5. The first kappa shape index (κ1) is 20.9. The maximum Gasteiger partial charge on any atom is 0.256 e. The van der Waals surface area contributed by atoms with Crippen molar-refractivity contribution in [2.45, 2.75) is 26.2 Å². The number of piperazine rings is 1. The van der Waals surface area contributed by atoms with Crippen LogP contribution in [0.2, 0.25) is 0 Å². The number of carbonyl (C=O) groups is 2. The molecule has 0 spiro atoms. The van der Waals surface area contributed by atoms with Crippen molar-refractivity contribution in [1.29, 1.82) is 0 Å². The summed E-state index contributed by atoms with van der Waals surface area (Å²) in [5.41, 5.74) is 6.31. The van der Waals surface area contributed by atoms with Crippen LogP contribution in [0, 0.1) is 13.8 Å². The molecule has 4 heterocycles. The molecule has 1 fully saturated rings. The summed E-state index contributed by atoms with van der Waals surface area (Å²) in [5.74, 6) is -0.290. The normalized spacial score (nSPS) is 18.7. The van der Waals surface area contributed by atoms with Gasteiger partial charge in [0, 0.05) is 55.1 Å². The second kappa shape index (κ2) is 8.18. The zero-order chi connectivity index (χ0) is 22.4. The summed E-state index contributed by atoms with van der Waals surface area (Å²) in [4.78, 5) is 38.1. The molecule has 0 saturated carbocycles. The number of likely N-dealkylation sites (N-methyl/N-ethyl adjacent to an activating group) is 1. The second-order valence-corrected chi connectivity index (χ2v) is 9.62. The summed E-state index contributed by atoms with van der Waals surface area (Å²) in [5, 5.41) is 5.85. The molecule has 0 bridgehead atoms. The number of amides is 2. The molecular formula is C24H27N5O2S. The van der Waals surface area contributed by atoms with Crippen molar-refractivity contribution in [2.24, 2.45) is 0 Å². The monoisotopic (exact) mass is 449 g/mol. The van der Waals surface area contributed by atoms with Crippen LogP contribution < -0.4 is 5.32 Å². The van der Waals surface area contributed by atoms with Crippen molar-refractivity contribution in [3.8, 4) is 0 Å². The molecule has 8 heteroatoms. The molecule has 1 saturated heterocycles. The Kier molecular flexibility index (Phi) is 5.35. The number of para-hydroxylation sites is 1. The van der Waals surface area contributed by atoms with Gasteiger partial charge in [0.2, 0.25) is 5.91 Å². The Morgan fingerprint density at radius 2 is 1.94 bits per heavy atom. The number of H-pyrrole nitrogens is 1. The van der Waals surface area contributed by atoms with Gasteiger partial charge in [-0.25, -0.2) is 4.98 Å². The Balaban J connectivity index is 1.36. The lowest BCUT2D eigenvalue weighted by molar-refractivity contribution is -0.116. The zero-order valence-corrected chi connectivity index (χ0v) is 19.4. The number of thiazole rings is 1. The van der Waals surface area contributed by atoms with Gasteiger partial charge in [0.25, 0.3) is 5.91 Å². The van der Waals surface area contributed by atoms with E-state index in [2.05, 4.69) is 22.2 Å². The minimum atomic E-state index is -0.364. The lowest BCUT2D eigenvalue weighted by Crippen LogP contribution is -2.47. The fourth-order valence-corrected chi connectivity index (χ4v) is 5.50. The first-order chi connectivity index (χ1) is 15.4. The van der Waals surface area contributed by atoms with Gasteiger partial charge in [0.1, 0.15) is 5.92 Å². The highest BCUT2D eigenvalue weighted by atomic mass is 32.1. The van der Waals surface area contributed by atoms with E-state index < -0.39 is 0 Å². The summed E-state index contributed by atoms with van der Waals surface area (Å²) in [6.45, 7) is 7.30. The van der Waals surface area contributed by atoms with E-state index >= 15 is 0 Å². The summed E-state index contributed by atoms with van der Waals surface area (Å²) in [6, 6.07) is 7.77. The number of aromatic nitrogens is 2. The van der Waals surface area contributed by atoms with Crippen LogP contribution in [0.5, 0.6) is 0 Å². The third-order valence-corrected chi connectivity index (χ3v) is 7.40. The fourth-order valence-electron chi connectivity index (χ4n) is 4.67. The molecule has 0 aliphatic carbocycles. The lowest BCUT2D eigenvalue weighted by Gasteiger charge is -2.32. The number of aromatic amines is 1. The maximum absolute atomic E-state index is 13.2. The van der Waals surface area contributed by atoms with Gasteiger partial charge in [0.05, 0.1) is 16.3 Å². The van der Waals surface area contributed by atoms with Gasteiger partial charge < -0.3 is 20.1 Å². The van der Waals surface area contributed by atoms with Crippen molar-refractivity contribution < 1.29 is 9.59 Å². The van der Waals surface area contributed by atoms with Crippen LogP contribution in [-0.2, 0) is 11.2 Å². The predicted octanol–water partition coefficient (Wildman–Crippen LogP) is 3.15. The Morgan fingerprint density at radius 1 is 1.19 bits per heavy atom. The molecule has 0 radical (unpaired) electrons. The SMILES string of the molecule is Cc1[nH]c(Cc2nc(C3C(=O)Nc4ccccc43)cs2)c(C)c1C(=O)N1CCN(C)CC1. The van der Waals surface area contributed by atoms with E-state index in [9.17, 15) is 9.59 Å². The van der Waals surface area contributed by atoms with E-state index in [-0.39, 0.29) is 17.7 Å². The summed E-state index contributed by atoms with van der Waals surface area (Å²) in [6.07, 6.45) is 0.614. The topological polar surface area (TPSA) is 81.3 Å². The standard InChI is InChI=1S/C24H27N5O2S/c1-14-18(25-15(2)21(14)24(31)29-10-8-28(3)9-11-29)12-20-26-19(13-32-20)22-16-6-4-5-7-17(16)27-23(22)30/h4-7,13,22,25H,8-12H2,1-3H3,(H,27,30). The molecule has 1 unspecified atom stereocenters. The van der Waals surface area contributed by atoms with Crippen LogP contribution in [0.1, 0.15) is 49.5 Å². The van der Waals surface area contributed by atoms with E-state index in [1.165, 1.54) is 0 Å². The number of carbonyl (C=O) groups excluding carboxylic acids is 2. The summed E-state index contributed by atoms with van der Waals surface area (Å²) in [7, 11) is 2.09. The maximum atomic E-state index is 13.2. The highest BCUT2D eigenvalue weighted by Crippen LogP contribution is 2.37. The number of benzene rings is 1. The molecule has 3 aromatic rings. The molecule has 5 rings (SSSR count).